The summed E-state index contributed by atoms with van der Waals surface area (Å²) in [5.41, 5.74) is 3.08. The first-order chi connectivity index (χ1) is 16.6. The number of carbonyl (C=O) groups excluding carboxylic acids is 1. The SMILES string of the molecule is COc1cc(OC)c(C2SCCN2C(=O)c2ccc3noc(-c4ccccc4)c3c2)cc1OC. The topological polar surface area (TPSA) is 74.0 Å². The number of amides is 1. The molecule has 1 fully saturated rings. The molecule has 1 atom stereocenters. The minimum absolute atomic E-state index is 0.0612. The van der Waals surface area contributed by atoms with Gasteiger partial charge in [-0.15, -0.1) is 11.8 Å². The first-order valence-corrected chi connectivity index (χ1v) is 11.9. The highest BCUT2D eigenvalue weighted by molar-refractivity contribution is 7.99. The molecule has 0 bridgehead atoms. The molecular weight excluding hydrogens is 452 g/mol. The van der Waals surface area contributed by atoms with Gasteiger partial charge < -0.3 is 23.6 Å². The van der Waals surface area contributed by atoms with E-state index < -0.39 is 0 Å². The van der Waals surface area contributed by atoms with Crippen molar-refractivity contribution in [3.8, 4) is 28.6 Å². The molecule has 4 aromatic rings. The summed E-state index contributed by atoms with van der Waals surface area (Å²) >= 11 is 1.69. The molecule has 174 valence electrons. The number of methoxy groups -OCH3 is 3. The monoisotopic (exact) mass is 476 g/mol. The lowest BCUT2D eigenvalue weighted by Crippen LogP contribution is -2.30. The largest absolute Gasteiger partial charge is 0.496 e. The van der Waals surface area contributed by atoms with Crippen molar-refractivity contribution in [2.45, 2.75) is 5.37 Å². The highest BCUT2D eigenvalue weighted by Gasteiger charge is 2.34. The second-order valence-corrected chi connectivity index (χ2v) is 8.97. The average Bonchev–Trinajstić information content (AvgIpc) is 3.55. The van der Waals surface area contributed by atoms with Crippen molar-refractivity contribution in [3.63, 3.8) is 0 Å². The van der Waals surface area contributed by atoms with Gasteiger partial charge in [-0.1, -0.05) is 35.5 Å². The Morgan fingerprint density at radius 1 is 0.971 bits per heavy atom. The summed E-state index contributed by atoms with van der Waals surface area (Å²) in [6.07, 6.45) is 0. The quantitative estimate of drug-likeness (QED) is 0.368. The van der Waals surface area contributed by atoms with Gasteiger partial charge in [-0.3, -0.25) is 4.79 Å². The van der Waals surface area contributed by atoms with E-state index in [4.69, 9.17) is 18.7 Å². The van der Waals surface area contributed by atoms with Crippen LogP contribution in [0.2, 0.25) is 0 Å². The number of carbonyl (C=O) groups is 1. The molecule has 1 amide bonds. The van der Waals surface area contributed by atoms with E-state index in [1.165, 1.54) is 0 Å². The Bertz CT molecular complexity index is 1340. The lowest BCUT2D eigenvalue weighted by atomic mass is 10.1. The molecular formula is C26H24N2O5S. The van der Waals surface area contributed by atoms with Gasteiger partial charge in [-0.2, -0.15) is 0 Å². The zero-order valence-electron chi connectivity index (χ0n) is 19.1. The van der Waals surface area contributed by atoms with Gasteiger partial charge in [-0.25, -0.2) is 0 Å². The molecule has 7 nitrogen and oxygen atoms in total. The van der Waals surface area contributed by atoms with E-state index in [0.29, 0.717) is 40.6 Å². The average molecular weight is 477 g/mol. The van der Waals surface area contributed by atoms with Crippen LogP contribution >= 0.6 is 11.8 Å². The van der Waals surface area contributed by atoms with Gasteiger partial charge in [0.2, 0.25) is 0 Å². The van der Waals surface area contributed by atoms with Crippen molar-refractivity contribution in [2.24, 2.45) is 0 Å². The molecule has 0 saturated carbocycles. The zero-order chi connectivity index (χ0) is 23.7. The number of rotatable bonds is 6. The van der Waals surface area contributed by atoms with Gasteiger partial charge >= 0.3 is 0 Å². The molecule has 0 radical (unpaired) electrons. The Hall–Kier alpha value is -3.65. The Labute approximate surface area is 201 Å². The van der Waals surface area contributed by atoms with E-state index in [0.717, 1.165) is 22.3 Å². The second kappa shape index (κ2) is 9.30. The van der Waals surface area contributed by atoms with Gasteiger partial charge in [0.1, 0.15) is 16.6 Å². The van der Waals surface area contributed by atoms with E-state index in [2.05, 4.69) is 5.16 Å². The van der Waals surface area contributed by atoms with Crippen molar-refractivity contribution in [1.29, 1.82) is 0 Å². The molecule has 1 saturated heterocycles. The fourth-order valence-electron chi connectivity index (χ4n) is 4.22. The number of thioether (sulfide) groups is 1. The summed E-state index contributed by atoms with van der Waals surface area (Å²) < 4.78 is 22.2. The maximum atomic E-state index is 13.7. The van der Waals surface area contributed by atoms with Crippen LogP contribution in [0.25, 0.3) is 22.2 Å². The minimum Gasteiger partial charge on any atom is -0.496 e. The number of hydrogen-bond acceptors (Lipinski definition) is 7. The Morgan fingerprint density at radius 3 is 2.44 bits per heavy atom. The molecule has 2 heterocycles. The standard InChI is InChI=1S/C26H24N2O5S/c1-30-21-15-23(32-3)22(31-2)14-19(21)26-28(11-12-34-26)25(29)17-9-10-20-18(13-17)24(33-27-20)16-7-5-4-6-8-16/h4-10,13-15,26H,11-12H2,1-3H3. The molecule has 0 spiro atoms. The molecule has 5 rings (SSSR count). The summed E-state index contributed by atoms with van der Waals surface area (Å²) in [5, 5.41) is 4.76. The zero-order valence-corrected chi connectivity index (χ0v) is 19.9. The van der Waals surface area contributed by atoms with E-state index in [9.17, 15) is 4.79 Å². The van der Waals surface area contributed by atoms with Crippen molar-refractivity contribution < 1.29 is 23.5 Å². The molecule has 1 aliphatic heterocycles. The molecule has 1 aliphatic rings. The third-order valence-electron chi connectivity index (χ3n) is 5.91. The van der Waals surface area contributed by atoms with Gasteiger partial charge in [-0.05, 0) is 24.3 Å². The molecule has 34 heavy (non-hydrogen) atoms. The fraction of sp³-hybridized carbons (Fsp3) is 0.231. The van der Waals surface area contributed by atoms with E-state index >= 15 is 0 Å². The predicted molar refractivity (Wildman–Crippen MR) is 132 cm³/mol. The van der Waals surface area contributed by atoms with E-state index in [-0.39, 0.29) is 11.3 Å². The second-order valence-electron chi connectivity index (χ2n) is 7.78. The molecule has 1 aromatic heterocycles. The van der Waals surface area contributed by atoms with Crippen molar-refractivity contribution in [3.05, 3.63) is 71.8 Å². The van der Waals surface area contributed by atoms with Gasteiger partial charge in [0, 0.05) is 35.1 Å². The van der Waals surface area contributed by atoms with Crippen LogP contribution in [0.5, 0.6) is 17.2 Å². The molecule has 0 aliphatic carbocycles. The summed E-state index contributed by atoms with van der Waals surface area (Å²) in [7, 11) is 4.79. The van der Waals surface area contributed by atoms with Crippen molar-refractivity contribution in [1.82, 2.24) is 10.1 Å². The maximum Gasteiger partial charge on any atom is 0.255 e. The van der Waals surface area contributed by atoms with Crippen LogP contribution in [0.15, 0.2) is 65.2 Å². The highest BCUT2D eigenvalue weighted by atomic mass is 32.2. The lowest BCUT2D eigenvalue weighted by molar-refractivity contribution is 0.0759. The summed E-state index contributed by atoms with van der Waals surface area (Å²) in [4.78, 5) is 15.6. The Morgan fingerprint density at radius 2 is 1.71 bits per heavy atom. The van der Waals surface area contributed by atoms with Crippen LogP contribution in [0, 0.1) is 0 Å². The first kappa shape index (κ1) is 22.2. The van der Waals surface area contributed by atoms with Crippen molar-refractivity contribution >= 4 is 28.6 Å². The number of aromatic nitrogens is 1. The molecule has 3 aromatic carbocycles. The van der Waals surface area contributed by atoms with Crippen molar-refractivity contribution in [2.75, 3.05) is 33.6 Å². The smallest absolute Gasteiger partial charge is 0.255 e. The van der Waals surface area contributed by atoms with Crippen LogP contribution in [0.3, 0.4) is 0 Å². The summed E-state index contributed by atoms with van der Waals surface area (Å²) in [6.45, 7) is 0.624. The number of ether oxygens (including phenoxy) is 3. The third kappa shape index (κ3) is 3.84. The Kier molecular flexibility index (Phi) is 6.06. The predicted octanol–water partition coefficient (Wildman–Crippen LogP) is 5.41. The van der Waals surface area contributed by atoms with Gasteiger partial charge in [0.05, 0.1) is 26.7 Å². The Balaban J connectivity index is 1.51. The minimum atomic E-state index is -0.214. The van der Waals surface area contributed by atoms with E-state index in [1.807, 2.05) is 53.4 Å². The van der Waals surface area contributed by atoms with Crippen LogP contribution in [-0.4, -0.2) is 49.6 Å². The normalized spacial score (nSPS) is 15.5. The number of benzene rings is 3. The first-order valence-electron chi connectivity index (χ1n) is 10.8. The third-order valence-corrected chi connectivity index (χ3v) is 7.16. The number of hydrogen-bond donors (Lipinski definition) is 0. The maximum absolute atomic E-state index is 13.7. The molecule has 1 unspecified atom stereocenters. The van der Waals surface area contributed by atoms with Gasteiger partial charge in [0.25, 0.3) is 5.91 Å². The number of nitrogens with zero attached hydrogens (tertiary/aromatic N) is 2. The van der Waals surface area contributed by atoms with Crippen LogP contribution in [0.1, 0.15) is 21.3 Å². The van der Waals surface area contributed by atoms with Crippen LogP contribution in [0.4, 0.5) is 0 Å². The van der Waals surface area contributed by atoms with Crippen LogP contribution in [-0.2, 0) is 0 Å². The van der Waals surface area contributed by atoms with Gasteiger partial charge in [0.15, 0.2) is 17.3 Å². The number of fused-ring (bicyclic) bond motifs is 1. The molecule has 8 heteroatoms. The van der Waals surface area contributed by atoms with E-state index in [1.54, 1.807) is 45.2 Å². The molecule has 0 N–H and O–H groups in total. The summed E-state index contributed by atoms with van der Waals surface area (Å²) in [6, 6.07) is 18.9. The lowest BCUT2D eigenvalue weighted by Gasteiger charge is -2.26. The van der Waals surface area contributed by atoms with Crippen LogP contribution < -0.4 is 14.2 Å². The highest BCUT2D eigenvalue weighted by Crippen LogP contribution is 2.46. The fourth-order valence-corrected chi connectivity index (χ4v) is 5.49. The summed E-state index contributed by atoms with van der Waals surface area (Å²) in [5.74, 6) is 3.23.